The zero-order valence-corrected chi connectivity index (χ0v) is 17.4. The molecule has 3 rings (SSSR count). The fourth-order valence-electron chi connectivity index (χ4n) is 4.21. The summed E-state index contributed by atoms with van der Waals surface area (Å²) in [4.78, 5) is 17.3. The molecular weight excluding hydrogens is 366 g/mol. The molecule has 0 aliphatic carbocycles. The lowest BCUT2D eigenvalue weighted by molar-refractivity contribution is -0.133. The minimum atomic E-state index is 0. The second kappa shape index (κ2) is 10.2. The third-order valence-corrected chi connectivity index (χ3v) is 5.64. The maximum atomic E-state index is 13.0. The van der Waals surface area contributed by atoms with Crippen LogP contribution in [0.3, 0.4) is 0 Å². The predicted octanol–water partition coefficient (Wildman–Crippen LogP) is 2.47. The maximum Gasteiger partial charge on any atom is 0.237 e. The Balaban J connectivity index is 0.00000261. The van der Waals surface area contributed by atoms with Gasteiger partial charge < -0.3 is 19.7 Å². The van der Waals surface area contributed by atoms with Crippen LogP contribution in [0.25, 0.3) is 0 Å². The van der Waals surface area contributed by atoms with Crippen LogP contribution in [-0.2, 0) is 4.79 Å². The lowest BCUT2D eigenvalue weighted by Crippen LogP contribution is -2.48. The van der Waals surface area contributed by atoms with Crippen molar-refractivity contribution in [3.05, 3.63) is 23.8 Å². The Kier molecular flexibility index (Phi) is 8.20. The fraction of sp³-hybridized carbons (Fsp3) is 0.650. The molecule has 152 valence electrons. The molecule has 0 bridgehead atoms. The molecule has 1 aromatic carbocycles. The summed E-state index contributed by atoms with van der Waals surface area (Å²) in [6.45, 7) is 3.27. The van der Waals surface area contributed by atoms with Gasteiger partial charge in [-0.05, 0) is 57.5 Å². The number of likely N-dealkylation sites (tertiary alicyclic amines) is 2. The third-order valence-electron chi connectivity index (χ3n) is 5.64. The number of halogens is 1. The molecule has 2 unspecified atom stereocenters. The van der Waals surface area contributed by atoms with E-state index in [-0.39, 0.29) is 24.4 Å². The summed E-state index contributed by atoms with van der Waals surface area (Å²) in [7, 11) is 5.34. The van der Waals surface area contributed by atoms with E-state index in [9.17, 15) is 4.79 Å². The van der Waals surface area contributed by atoms with Crippen molar-refractivity contribution in [2.24, 2.45) is 0 Å². The smallest absolute Gasteiger partial charge is 0.237 e. The molecule has 2 saturated heterocycles. The first-order valence-electron chi connectivity index (χ1n) is 9.57. The van der Waals surface area contributed by atoms with Gasteiger partial charge in [-0.15, -0.1) is 12.4 Å². The molecule has 1 aromatic rings. The summed E-state index contributed by atoms with van der Waals surface area (Å²) in [5.74, 6) is 1.84. The molecule has 1 amide bonds. The predicted molar refractivity (Wildman–Crippen MR) is 109 cm³/mol. The first kappa shape index (κ1) is 21.8. The van der Waals surface area contributed by atoms with Crippen LogP contribution >= 0.6 is 12.4 Å². The molecule has 0 radical (unpaired) electrons. The van der Waals surface area contributed by atoms with Crippen LogP contribution in [-0.4, -0.2) is 69.2 Å². The van der Waals surface area contributed by atoms with E-state index in [1.165, 1.54) is 6.42 Å². The first-order valence-corrected chi connectivity index (χ1v) is 9.57. The van der Waals surface area contributed by atoms with Crippen molar-refractivity contribution in [3.8, 4) is 11.5 Å². The molecule has 6 nitrogen and oxygen atoms in total. The van der Waals surface area contributed by atoms with Gasteiger partial charge in [0, 0.05) is 24.7 Å². The van der Waals surface area contributed by atoms with Crippen LogP contribution in [0.1, 0.15) is 37.3 Å². The van der Waals surface area contributed by atoms with Crippen LogP contribution in [0.15, 0.2) is 18.2 Å². The number of nitrogens with one attached hydrogen (secondary N) is 1. The number of methoxy groups -OCH3 is 2. The van der Waals surface area contributed by atoms with Gasteiger partial charge in [0.05, 0.1) is 26.8 Å². The van der Waals surface area contributed by atoms with E-state index in [1.54, 1.807) is 14.2 Å². The highest BCUT2D eigenvalue weighted by molar-refractivity contribution is 5.85. The monoisotopic (exact) mass is 397 g/mol. The van der Waals surface area contributed by atoms with E-state index < -0.39 is 0 Å². The number of nitrogens with zero attached hydrogens (tertiary/aromatic N) is 2. The van der Waals surface area contributed by atoms with E-state index in [4.69, 9.17) is 9.47 Å². The van der Waals surface area contributed by atoms with E-state index in [2.05, 4.69) is 10.2 Å². The minimum absolute atomic E-state index is 0. The molecule has 0 saturated carbocycles. The number of likely N-dealkylation sites (N-methyl/N-ethyl adjacent to an activating group) is 1. The van der Waals surface area contributed by atoms with E-state index in [1.807, 2.05) is 30.1 Å². The van der Waals surface area contributed by atoms with Gasteiger partial charge in [0.15, 0.2) is 0 Å². The third kappa shape index (κ3) is 5.06. The SMILES string of the molecule is CNC1CCCN(CC(=O)N2CCCC2c2cc(OC)ccc2OC)C1.Cl. The quantitative estimate of drug-likeness (QED) is 0.799. The second-order valence-corrected chi connectivity index (χ2v) is 7.22. The largest absolute Gasteiger partial charge is 0.497 e. The van der Waals surface area contributed by atoms with Crippen molar-refractivity contribution in [1.82, 2.24) is 15.1 Å². The number of hydrogen-bond acceptors (Lipinski definition) is 5. The lowest BCUT2D eigenvalue weighted by atomic mass is 10.0. The Morgan fingerprint density at radius 3 is 2.67 bits per heavy atom. The number of carbonyl (C=O) groups is 1. The molecule has 0 aromatic heterocycles. The minimum Gasteiger partial charge on any atom is -0.497 e. The van der Waals surface area contributed by atoms with Crippen LogP contribution in [0.4, 0.5) is 0 Å². The van der Waals surface area contributed by atoms with Crippen molar-refractivity contribution in [1.29, 1.82) is 0 Å². The maximum absolute atomic E-state index is 13.0. The summed E-state index contributed by atoms with van der Waals surface area (Å²) >= 11 is 0. The van der Waals surface area contributed by atoms with Crippen LogP contribution in [0.2, 0.25) is 0 Å². The van der Waals surface area contributed by atoms with Crippen LogP contribution in [0, 0.1) is 0 Å². The summed E-state index contributed by atoms with van der Waals surface area (Å²) in [6.07, 6.45) is 4.32. The topological polar surface area (TPSA) is 54.0 Å². The Hall–Kier alpha value is -1.50. The van der Waals surface area contributed by atoms with Crippen molar-refractivity contribution in [3.63, 3.8) is 0 Å². The molecule has 27 heavy (non-hydrogen) atoms. The van der Waals surface area contributed by atoms with Gasteiger partial charge in [-0.1, -0.05) is 0 Å². The number of rotatable bonds is 6. The second-order valence-electron chi connectivity index (χ2n) is 7.22. The normalized spacial score (nSPS) is 23.0. The molecule has 7 heteroatoms. The van der Waals surface area contributed by atoms with Gasteiger partial charge >= 0.3 is 0 Å². The van der Waals surface area contributed by atoms with Crippen molar-refractivity contribution < 1.29 is 14.3 Å². The number of carbonyl (C=O) groups excluding carboxylic acids is 1. The Morgan fingerprint density at radius 2 is 1.96 bits per heavy atom. The Morgan fingerprint density at radius 1 is 1.19 bits per heavy atom. The number of ether oxygens (including phenoxy) is 2. The first-order chi connectivity index (χ1) is 12.7. The van der Waals surface area contributed by atoms with Gasteiger partial charge in [0.2, 0.25) is 5.91 Å². The average Bonchev–Trinajstić information content (AvgIpc) is 3.17. The molecule has 1 N–H and O–H groups in total. The van der Waals surface area contributed by atoms with E-state index >= 15 is 0 Å². The number of piperidine rings is 1. The van der Waals surface area contributed by atoms with Crippen LogP contribution < -0.4 is 14.8 Å². The molecule has 2 aliphatic rings. The molecule has 0 spiro atoms. The van der Waals surface area contributed by atoms with Gasteiger partial charge in [0.25, 0.3) is 0 Å². The number of benzene rings is 1. The molecule has 2 heterocycles. The highest BCUT2D eigenvalue weighted by Gasteiger charge is 2.33. The average molecular weight is 398 g/mol. The van der Waals surface area contributed by atoms with Crippen LogP contribution in [0.5, 0.6) is 11.5 Å². The Labute approximate surface area is 168 Å². The number of amides is 1. The Bertz CT molecular complexity index is 628. The summed E-state index contributed by atoms with van der Waals surface area (Å²) in [5, 5.41) is 3.34. The van der Waals surface area contributed by atoms with Crippen molar-refractivity contribution in [2.75, 3.05) is 47.4 Å². The standard InChI is InChI=1S/C20H31N3O3.ClH/c1-21-15-6-4-10-22(13-15)14-20(24)23-11-5-7-18(23)17-12-16(25-2)8-9-19(17)26-3;/h8-9,12,15,18,21H,4-7,10-11,13-14H2,1-3H3;1H. The zero-order valence-electron chi connectivity index (χ0n) is 16.6. The van der Waals surface area contributed by atoms with Gasteiger partial charge in [0.1, 0.15) is 11.5 Å². The molecule has 2 aliphatic heterocycles. The van der Waals surface area contributed by atoms with Gasteiger partial charge in [-0.25, -0.2) is 0 Å². The lowest BCUT2D eigenvalue weighted by Gasteiger charge is -2.34. The van der Waals surface area contributed by atoms with Crippen molar-refractivity contribution >= 4 is 18.3 Å². The van der Waals surface area contributed by atoms with Gasteiger partial charge in [-0.2, -0.15) is 0 Å². The van der Waals surface area contributed by atoms with Crippen molar-refractivity contribution in [2.45, 2.75) is 37.8 Å². The van der Waals surface area contributed by atoms with Gasteiger partial charge in [-0.3, -0.25) is 9.69 Å². The highest BCUT2D eigenvalue weighted by atomic mass is 35.5. The fourth-order valence-corrected chi connectivity index (χ4v) is 4.21. The molecule has 2 atom stereocenters. The molecule has 2 fully saturated rings. The molecular formula is C20H32ClN3O3. The summed E-state index contributed by atoms with van der Waals surface area (Å²) < 4.78 is 10.9. The number of hydrogen-bond donors (Lipinski definition) is 1. The summed E-state index contributed by atoms with van der Waals surface area (Å²) in [5.41, 5.74) is 1.05. The van der Waals surface area contributed by atoms with E-state index in [0.29, 0.717) is 12.6 Å². The van der Waals surface area contributed by atoms with E-state index in [0.717, 1.165) is 56.0 Å². The highest BCUT2D eigenvalue weighted by Crippen LogP contribution is 2.39. The summed E-state index contributed by atoms with van der Waals surface area (Å²) in [6, 6.07) is 6.39. The zero-order chi connectivity index (χ0) is 18.5.